The first-order chi connectivity index (χ1) is 14.2. The minimum absolute atomic E-state index is 0.277. The fourth-order valence-electron chi connectivity index (χ4n) is 3.24. The lowest BCUT2D eigenvalue weighted by Gasteiger charge is -2.06. The minimum atomic E-state index is -0.277. The molecular formula is C22H16N6O. The number of hydrogen-bond acceptors (Lipinski definition) is 5. The van der Waals surface area contributed by atoms with Gasteiger partial charge in [0.15, 0.2) is 5.82 Å². The number of carbonyl (C=O) groups is 1. The van der Waals surface area contributed by atoms with Gasteiger partial charge in [-0.25, -0.2) is 0 Å². The van der Waals surface area contributed by atoms with Crippen molar-refractivity contribution in [1.29, 1.82) is 0 Å². The molecule has 5 rings (SSSR count). The summed E-state index contributed by atoms with van der Waals surface area (Å²) >= 11 is 0. The molecule has 0 aliphatic heterocycles. The molecule has 0 radical (unpaired) electrons. The standard InChI is InChI=1S/C22H16N6O/c1-28-13-18(12-24-28)14-6-7-20-16(8-14)10-21(27-26-20)25-22(29)17-9-15-4-2-3-5-19(15)23-11-17/h2-13H,1H3,(H,25,27,29). The van der Waals surface area contributed by atoms with Crippen LogP contribution in [0.5, 0.6) is 0 Å². The van der Waals surface area contributed by atoms with Crippen molar-refractivity contribution in [2.24, 2.45) is 7.05 Å². The van der Waals surface area contributed by atoms with Gasteiger partial charge in [0.05, 0.1) is 22.8 Å². The van der Waals surface area contributed by atoms with Crippen molar-refractivity contribution >= 4 is 33.5 Å². The molecular weight excluding hydrogens is 364 g/mol. The Morgan fingerprint density at radius 1 is 0.897 bits per heavy atom. The third-order valence-electron chi connectivity index (χ3n) is 4.72. The molecule has 140 valence electrons. The highest BCUT2D eigenvalue weighted by molar-refractivity contribution is 6.05. The predicted molar refractivity (Wildman–Crippen MR) is 111 cm³/mol. The first kappa shape index (κ1) is 17.0. The third-order valence-corrected chi connectivity index (χ3v) is 4.72. The Kier molecular flexibility index (Phi) is 3.98. The van der Waals surface area contributed by atoms with Gasteiger partial charge in [-0.2, -0.15) is 5.10 Å². The average molecular weight is 380 g/mol. The molecule has 7 heteroatoms. The van der Waals surface area contributed by atoms with Crippen LogP contribution in [0, 0.1) is 0 Å². The van der Waals surface area contributed by atoms with E-state index in [0.29, 0.717) is 11.4 Å². The molecule has 3 aromatic heterocycles. The van der Waals surface area contributed by atoms with Crippen LogP contribution in [0.15, 0.2) is 73.2 Å². The molecule has 0 saturated carbocycles. The summed E-state index contributed by atoms with van der Waals surface area (Å²) in [5, 5.41) is 17.2. The maximum atomic E-state index is 12.7. The summed E-state index contributed by atoms with van der Waals surface area (Å²) in [4.78, 5) is 17.0. The van der Waals surface area contributed by atoms with Crippen LogP contribution in [0.25, 0.3) is 32.9 Å². The lowest BCUT2D eigenvalue weighted by Crippen LogP contribution is -2.13. The van der Waals surface area contributed by atoms with Crippen LogP contribution in [-0.4, -0.2) is 30.9 Å². The monoisotopic (exact) mass is 380 g/mol. The van der Waals surface area contributed by atoms with Crippen molar-refractivity contribution in [2.45, 2.75) is 0 Å². The molecule has 7 nitrogen and oxygen atoms in total. The summed E-state index contributed by atoms with van der Waals surface area (Å²) in [5.41, 5.74) is 4.10. The summed E-state index contributed by atoms with van der Waals surface area (Å²) in [6.45, 7) is 0. The molecule has 0 spiro atoms. The largest absolute Gasteiger partial charge is 0.305 e. The van der Waals surface area contributed by atoms with E-state index in [0.717, 1.165) is 32.9 Å². The van der Waals surface area contributed by atoms with Crippen LogP contribution in [0.2, 0.25) is 0 Å². The molecule has 29 heavy (non-hydrogen) atoms. The van der Waals surface area contributed by atoms with E-state index in [9.17, 15) is 4.79 Å². The number of aromatic nitrogens is 5. The van der Waals surface area contributed by atoms with Gasteiger partial charge in [-0.05, 0) is 35.9 Å². The predicted octanol–water partition coefficient (Wildman–Crippen LogP) is 3.83. The first-order valence-corrected chi connectivity index (χ1v) is 9.08. The van der Waals surface area contributed by atoms with Gasteiger partial charge >= 0.3 is 0 Å². The Labute approximate surface area is 166 Å². The van der Waals surface area contributed by atoms with Crippen LogP contribution >= 0.6 is 0 Å². The maximum Gasteiger partial charge on any atom is 0.258 e. The summed E-state index contributed by atoms with van der Waals surface area (Å²) in [6.07, 6.45) is 5.32. The van der Waals surface area contributed by atoms with Gasteiger partial charge in [0.1, 0.15) is 0 Å². The van der Waals surface area contributed by atoms with Crippen LogP contribution < -0.4 is 5.32 Å². The number of pyridine rings is 1. The third kappa shape index (κ3) is 3.29. The molecule has 0 atom stereocenters. The summed E-state index contributed by atoms with van der Waals surface area (Å²) in [7, 11) is 1.88. The summed E-state index contributed by atoms with van der Waals surface area (Å²) in [5.74, 6) is 0.110. The topological polar surface area (TPSA) is 85.6 Å². The van der Waals surface area contributed by atoms with Crippen molar-refractivity contribution in [1.82, 2.24) is 25.0 Å². The van der Waals surface area contributed by atoms with Gasteiger partial charge < -0.3 is 5.32 Å². The number of benzene rings is 2. The zero-order valence-corrected chi connectivity index (χ0v) is 15.6. The molecule has 0 unspecified atom stereocenters. The Morgan fingerprint density at radius 3 is 2.66 bits per heavy atom. The average Bonchev–Trinajstić information content (AvgIpc) is 3.19. The molecule has 3 heterocycles. The number of nitrogens with one attached hydrogen (secondary N) is 1. The Hall–Kier alpha value is -4.13. The fraction of sp³-hybridized carbons (Fsp3) is 0.0455. The van der Waals surface area contributed by atoms with Gasteiger partial charge in [-0.3, -0.25) is 14.5 Å². The van der Waals surface area contributed by atoms with Gasteiger partial charge in [0, 0.05) is 35.8 Å². The number of nitrogens with zero attached hydrogens (tertiary/aromatic N) is 5. The van der Waals surface area contributed by atoms with Crippen molar-refractivity contribution in [3.63, 3.8) is 0 Å². The van der Waals surface area contributed by atoms with Gasteiger partial charge in [0.25, 0.3) is 5.91 Å². The lowest BCUT2D eigenvalue weighted by atomic mass is 10.1. The lowest BCUT2D eigenvalue weighted by molar-refractivity contribution is 0.102. The number of amides is 1. The number of aryl methyl sites for hydroxylation is 1. The number of rotatable bonds is 3. The molecule has 0 bridgehead atoms. The zero-order chi connectivity index (χ0) is 19.8. The van der Waals surface area contributed by atoms with Gasteiger partial charge in [-0.1, -0.05) is 24.3 Å². The number of anilines is 1. The Bertz CT molecular complexity index is 1370. The number of carbonyl (C=O) groups excluding carboxylic acids is 1. The van der Waals surface area contributed by atoms with Crippen LogP contribution in [0.1, 0.15) is 10.4 Å². The maximum absolute atomic E-state index is 12.7. The Morgan fingerprint density at radius 2 is 1.79 bits per heavy atom. The Balaban J connectivity index is 1.45. The van der Waals surface area contributed by atoms with Crippen LogP contribution in [0.3, 0.4) is 0 Å². The van der Waals surface area contributed by atoms with E-state index in [4.69, 9.17) is 0 Å². The first-order valence-electron chi connectivity index (χ1n) is 9.08. The van der Waals surface area contributed by atoms with E-state index in [2.05, 4.69) is 25.6 Å². The van der Waals surface area contributed by atoms with Gasteiger partial charge in [-0.15, -0.1) is 10.2 Å². The highest BCUT2D eigenvalue weighted by Crippen LogP contribution is 2.24. The van der Waals surface area contributed by atoms with E-state index in [1.54, 1.807) is 10.9 Å². The number of hydrogen-bond donors (Lipinski definition) is 1. The van der Waals surface area contributed by atoms with Crippen molar-refractivity contribution < 1.29 is 4.79 Å². The molecule has 0 aliphatic rings. The normalized spacial score (nSPS) is 11.1. The number of para-hydroxylation sites is 1. The fourth-order valence-corrected chi connectivity index (χ4v) is 3.24. The number of fused-ring (bicyclic) bond motifs is 2. The zero-order valence-electron chi connectivity index (χ0n) is 15.6. The molecule has 2 aromatic carbocycles. The van der Waals surface area contributed by atoms with Crippen molar-refractivity contribution in [3.8, 4) is 11.1 Å². The van der Waals surface area contributed by atoms with Crippen LogP contribution in [0.4, 0.5) is 5.82 Å². The molecule has 1 N–H and O–H groups in total. The van der Waals surface area contributed by atoms with E-state index >= 15 is 0 Å². The van der Waals surface area contributed by atoms with E-state index < -0.39 is 0 Å². The van der Waals surface area contributed by atoms with Crippen LogP contribution in [-0.2, 0) is 7.05 Å². The highest BCUT2D eigenvalue weighted by Gasteiger charge is 2.10. The molecule has 0 aliphatic carbocycles. The SMILES string of the molecule is Cn1cc(-c2ccc3nnc(NC(=O)c4cnc5ccccc5c4)cc3c2)cn1. The molecule has 0 saturated heterocycles. The van der Waals surface area contributed by atoms with Crippen molar-refractivity contribution in [2.75, 3.05) is 5.32 Å². The van der Waals surface area contributed by atoms with E-state index in [1.165, 1.54) is 0 Å². The van der Waals surface area contributed by atoms with E-state index in [-0.39, 0.29) is 5.91 Å². The molecule has 0 fully saturated rings. The quantitative estimate of drug-likeness (QED) is 0.514. The summed E-state index contributed by atoms with van der Waals surface area (Å²) in [6, 6.07) is 17.2. The second-order valence-electron chi connectivity index (χ2n) is 6.78. The minimum Gasteiger partial charge on any atom is -0.305 e. The molecule has 5 aromatic rings. The summed E-state index contributed by atoms with van der Waals surface area (Å²) < 4.78 is 1.76. The second kappa shape index (κ2) is 6.79. The van der Waals surface area contributed by atoms with E-state index in [1.807, 2.05) is 74.0 Å². The smallest absolute Gasteiger partial charge is 0.258 e. The highest BCUT2D eigenvalue weighted by atomic mass is 16.1. The molecule has 1 amide bonds. The van der Waals surface area contributed by atoms with Gasteiger partial charge in [0.2, 0.25) is 0 Å². The second-order valence-corrected chi connectivity index (χ2v) is 6.78. The van der Waals surface area contributed by atoms with Crippen molar-refractivity contribution in [3.05, 3.63) is 78.8 Å².